The molecule has 0 fully saturated rings. The molecule has 0 spiro atoms. The highest BCUT2D eigenvalue weighted by molar-refractivity contribution is 9.10. The first-order valence-corrected chi connectivity index (χ1v) is 5.16. The van der Waals surface area contributed by atoms with Crippen molar-refractivity contribution in [2.75, 3.05) is 0 Å². The van der Waals surface area contributed by atoms with Crippen LogP contribution in [0.15, 0.2) is 21.5 Å². The van der Waals surface area contributed by atoms with Gasteiger partial charge in [-0.1, -0.05) is 11.6 Å². The molecule has 0 bridgehead atoms. The molecule has 66 valence electrons. The van der Waals surface area contributed by atoms with Crippen molar-refractivity contribution in [3.05, 3.63) is 27.4 Å². The van der Waals surface area contributed by atoms with Crippen LogP contribution < -0.4 is 0 Å². The van der Waals surface area contributed by atoms with Crippen LogP contribution >= 0.6 is 27.5 Å². The van der Waals surface area contributed by atoms with E-state index in [0.717, 1.165) is 12.1 Å². The maximum atomic E-state index is 12.8. The first kappa shape index (κ1) is 9.95. The fourth-order valence-electron chi connectivity index (χ4n) is 0.652. The van der Waals surface area contributed by atoms with Crippen molar-refractivity contribution in [3.63, 3.8) is 0 Å². The molecule has 12 heavy (non-hydrogen) atoms. The van der Waals surface area contributed by atoms with Crippen LogP contribution in [0.4, 0.5) is 4.39 Å². The smallest absolute Gasteiger partial charge is 0.171 e. The molecule has 2 nitrogen and oxygen atoms in total. The summed E-state index contributed by atoms with van der Waals surface area (Å²) in [5, 5.41) is 0.146. The average Bonchev–Trinajstić information content (AvgIpc) is 1.96. The van der Waals surface area contributed by atoms with Crippen molar-refractivity contribution in [2.45, 2.75) is 4.90 Å². The van der Waals surface area contributed by atoms with Gasteiger partial charge in [0.05, 0.1) is 5.02 Å². The van der Waals surface area contributed by atoms with Gasteiger partial charge in [0.15, 0.2) is 10.7 Å². The van der Waals surface area contributed by atoms with Crippen LogP contribution in [-0.4, -0.2) is 8.42 Å². The number of halogens is 3. The SMILES string of the molecule is O=[SH](=O)c1cc(Br)c(Cl)cc1F. The molecule has 0 atom stereocenters. The molecular formula is C6H3BrClFO2S. The second kappa shape index (κ2) is 3.72. The molecule has 0 saturated carbocycles. The molecule has 0 amide bonds. The van der Waals surface area contributed by atoms with Crippen molar-refractivity contribution in [1.29, 1.82) is 0 Å². The molecule has 0 heterocycles. The topological polar surface area (TPSA) is 34.1 Å². The van der Waals surface area contributed by atoms with E-state index in [0.29, 0.717) is 4.47 Å². The van der Waals surface area contributed by atoms with E-state index in [1.54, 1.807) is 0 Å². The molecule has 0 aliphatic carbocycles. The van der Waals surface area contributed by atoms with Crippen LogP contribution in [0, 0.1) is 5.82 Å². The first-order chi connectivity index (χ1) is 5.52. The lowest BCUT2D eigenvalue weighted by Crippen LogP contribution is -1.87. The Bertz CT molecular complexity index is 383. The number of thiol groups is 1. The van der Waals surface area contributed by atoms with Gasteiger partial charge in [-0.15, -0.1) is 0 Å². The van der Waals surface area contributed by atoms with E-state index in [1.165, 1.54) is 0 Å². The van der Waals surface area contributed by atoms with Gasteiger partial charge in [-0.05, 0) is 28.1 Å². The molecule has 0 aromatic heterocycles. The van der Waals surface area contributed by atoms with E-state index < -0.39 is 16.5 Å². The van der Waals surface area contributed by atoms with Crippen LogP contribution in [0.1, 0.15) is 0 Å². The van der Waals surface area contributed by atoms with E-state index in [-0.39, 0.29) is 9.92 Å². The van der Waals surface area contributed by atoms with Crippen LogP contribution in [0.25, 0.3) is 0 Å². The van der Waals surface area contributed by atoms with Crippen LogP contribution in [0.2, 0.25) is 5.02 Å². The highest BCUT2D eigenvalue weighted by Gasteiger charge is 2.08. The lowest BCUT2D eigenvalue weighted by molar-refractivity contribution is 0.578. The third kappa shape index (κ3) is 1.97. The van der Waals surface area contributed by atoms with Gasteiger partial charge in [-0.3, -0.25) is 0 Å². The van der Waals surface area contributed by atoms with Gasteiger partial charge in [0.2, 0.25) is 0 Å². The highest BCUT2D eigenvalue weighted by atomic mass is 79.9. The molecular weight excluding hydrogens is 270 g/mol. The summed E-state index contributed by atoms with van der Waals surface area (Å²) in [5.74, 6) is -0.834. The maximum absolute atomic E-state index is 12.8. The zero-order chi connectivity index (χ0) is 9.30. The summed E-state index contributed by atoms with van der Waals surface area (Å²) in [6, 6.07) is 2.08. The molecule has 1 rings (SSSR count). The van der Waals surface area contributed by atoms with E-state index in [4.69, 9.17) is 11.6 Å². The van der Waals surface area contributed by atoms with Crippen LogP contribution in [-0.2, 0) is 10.7 Å². The molecule has 0 saturated heterocycles. The Hall–Kier alpha value is -0.130. The molecule has 0 N–H and O–H groups in total. The predicted molar refractivity (Wildman–Crippen MR) is 47.7 cm³/mol. The Kier molecular flexibility index (Phi) is 3.09. The minimum Gasteiger partial charge on any atom is -0.227 e. The summed E-state index contributed by atoms with van der Waals surface area (Å²) >= 11 is 8.49. The lowest BCUT2D eigenvalue weighted by Gasteiger charge is -1.97. The minimum absolute atomic E-state index is 0.146. The van der Waals surface area contributed by atoms with E-state index >= 15 is 0 Å². The van der Waals surface area contributed by atoms with Gasteiger partial charge in [0.1, 0.15) is 10.7 Å². The molecule has 0 radical (unpaired) electrons. The quantitative estimate of drug-likeness (QED) is 0.629. The lowest BCUT2D eigenvalue weighted by atomic mass is 10.3. The summed E-state index contributed by atoms with van der Waals surface area (Å²) in [7, 11) is -2.91. The number of hydrogen-bond acceptors (Lipinski definition) is 2. The second-order valence-electron chi connectivity index (χ2n) is 1.97. The molecule has 1 aromatic carbocycles. The molecule has 0 unspecified atom stereocenters. The fourth-order valence-corrected chi connectivity index (χ4v) is 1.80. The van der Waals surface area contributed by atoms with Crippen molar-refractivity contribution < 1.29 is 12.8 Å². The molecule has 0 aliphatic rings. The predicted octanol–water partition coefficient (Wildman–Crippen LogP) is 2.21. The third-order valence-corrected chi connectivity index (χ3v) is 3.12. The summed E-state index contributed by atoms with van der Waals surface area (Å²) in [6.45, 7) is 0. The number of hydrogen-bond donors (Lipinski definition) is 1. The van der Waals surface area contributed by atoms with Crippen molar-refractivity contribution in [1.82, 2.24) is 0 Å². The summed E-state index contributed by atoms with van der Waals surface area (Å²) < 4.78 is 34.0. The molecule has 6 heteroatoms. The Labute approximate surface area is 83.4 Å². The molecule has 1 aromatic rings. The minimum atomic E-state index is -2.91. The summed E-state index contributed by atoms with van der Waals surface area (Å²) in [6.07, 6.45) is 0. The van der Waals surface area contributed by atoms with Crippen molar-refractivity contribution >= 4 is 38.2 Å². The summed E-state index contributed by atoms with van der Waals surface area (Å²) in [5.41, 5.74) is 0. The van der Waals surface area contributed by atoms with Gasteiger partial charge in [-0.25, -0.2) is 12.8 Å². The maximum Gasteiger partial charge on any atom is 0.171 e. The highest BCUT2D eigenvalue weighted by Crippen LogP contribution is 2.26. The largest absolute Gasteiger partial charge is 0.227 e. The zero-order valence-electron chi connectivity index (χ0n) is 5.55. The van der Waals surface area contributed by atoms with Gasteiger partial charge in [0, 0.05) is 4.47 Å². The Balaban J connectivity index is 3.43. The fraction of sp³-hybridized carbons (Fsp3) is 0. The monoisotopic (exact) mass is 272 g/mol. The standard InChI is InChI=1S/C6H3BrClFO2S/c7-3-1-6(12(10)11)5(9)2-4(3)8/h1-2,12H. The first-order valence-electron chi connectivity index (χ1n) is 2.81. The Morgan fingerprint density at radius 2 is 2.00 bits per heavy atom. The zero-order valence-corrected chi connectivity index (χ0v) is 8.79. The van der Waals surface area contributed by atoms with Crippen LogP contribution in [0.3, 0.4) is 0 Å². The van der Waals surface area contributed by atoms with Gasteiger partial charge < -0.3 is 0 Å². The normalized spacial score (nSPS) is 10.7. The average molecular weight is 274 g/mol. The summed E-state index contributed by atoms with van der Waals surface area (Å²) in [4.78, 5) is -0.360. The van der Waals surface area contributed by atoms with Crippen molar-refractivity contribution in [2.24, 2.45) is 0 Å². The van der Waals surface area contributed by atoms with Gasteiger partial charge in [0.25, 0.3) is 0 Å². The van der Waals surface area contributed by atoms with Crippen LogP contribution in [0.5, 0.6) is 0 Å². The van der Waals surface area contributed by atoms with E-state index in [9.17, 15) is 12.8 Å². The Morgan fingerprint density at radius 3 is 2.50 bits per heavy atom. The van der Waals surface area contributed by atoms with Gasteiger partial charge >= 0.3 is 0 Å². The van der Waals surface area contributed by atoms with E-state index in [1.807, 2.05) is 0 Å². The number of rotatable bonds is 1. The number of benzene rings is 1. The Morgan fingerprint density at radius 1 is 1.42 bits per heavy atom. The molecule has 0 aliphatic heterocycles. The van der Waals surface area contributed by atoms with E-state index in [2.05, 4.69) is 15.9 Å². The van der Waals surface area contributed by atoms with Gasteiger partial charge in [-0.2, -0.15) is 0 Å². The third-order valence-electron chi connectivity index (χ3n) is 1.19. The second-order valence-corrected chi connectivity index (χ2v) is 4.23. The van der Waals surface area contributed by atoms with Crippen molar-refractivity contribution in [3.8, 4) is 0 Å².